The number of hydrogen-bond donors (Lipinski definition) is 2. The van der Waals surface area contributed by atoms with Crippen molar-refractivity contribution in [3.63, 3.8) is 0 Å². The van der Waals surface area contributed by atoms with Crippen LogP contribution < -0.4 is 5.32 Å². The molecule has 2 rings (SSSR count). The molecule has 2 fully saturated rings. The lowest BCUT2D eigenvalue weighted by Gasteiger charge is -2.37. The molecule has 1 saturated carbocycles. The maximum absolute atomic E-state index is 12.7. The van der Waals surface area contributed by atoms with Gasteiger partial charge in [-0.2, -0.15) is 13.2 Å². The van der Waals surface area contributed by atoms with Crippen LogP contribution in [0.15, 0.2) is 0 Å². The van der Waals surface area contributed by atoms with Crippen molar-refractivity contribution >= 4 is 0 Å². The molecule has 2 atom stereocenters. The summed E-state index contributed by atoms with van der Waals surface area (Å²) in [4.78, 5) is 2.20. The Morgan fingerprint density at radius 1 is 1.24 bits per heavy atom. The van der Waals surface area contributed by atoms with E-state index in [-0.39, 0.29) is 25.0 Å². The van der Waals surface area contributed by atoms with E-state index in [0.29, 0.717) is 19.1 Å². The molecule has 0 radical (unpaired) electrons. The summed E-state index contributed by atoms with van der Waals surface area (Å²) >= 11 is 0. The van der Waals surface area contributed by atoms with E-state index in [4.69, 9.17) is 0 Å². The van der Waals surface area contributed by atoms with Crippen molar-refractivity contribution in [1.82, 2.24) is 10.2 Å². The van der Waals surface area contributed by atoms with Gasteiger partial charge in [0.2, 0.25) is 0 Å². The van der Waals surface area contributed by atoms with E-state index >= 15 is 0 Å². The maximum Gasteiger partial charge on any atom is 0.391 e. The van der Waals surface area contributed by atoms with Gasteiger partial charge < -0.3 is 15.3 Å². The van der Waals surface area contributed by atoms with Crippen molar-refractivity contribution in [2.24, 2.45) is 5.92 Å². The summed E-state index contributed by atoms with van der Waals surface area (Å²) in [5.74, 6) is -1.13. The van der Waals surface area contributed by atoms with Gasteiger partial charge in [-0.3, -0.25) is 0 Å². The first kappa shape index (κ1) is 17.0. The average molecular weight is 308 g/mol. The van der Waals surface area contributed by atoms with E-state index in [1.54, 1.807) is 0 Å². The van der Waals surface area contributed by atoms with E-state index in [0.717, 1.165) is 32.2 Å². The lowest BCUT2D eigenvalue weighted by Crippen LogP contribution is -2.49. The van der Waals surface area contributed by atoms with Crippen LogP contribution in [0.25, 0.3) is 0 Å². The monoisotopic (exact) mass is 308 g/mol. The number of hydrogen-bond acceptors (Lipinski definition) is 3. The van der Waals surface area contributed by atoms with Gasteiger partial charge in [-0.15, -0.1) is 0 Å². The molecule has 1 aliphatic heterocycles. The van der Waals surface area contributed by atoms with Gasteiger partial charge in [0.1, 0.15) is 0 Å². The van der Waals surface area contributed by atoms with Gasteiger partial charge in [0.25, 0.3) is 0 Å². The number of likely N-dealkylation sites (tertiary alicyclic amines) is 1. The molecule has 1 saturated heterocycles. The lowest BCUT2D eigenvalue weighted by molar-refractivity contribution is -0.186. The first-order chi connectivity index (χ1) is 9.90. The van der Waals surface area contributed by atoms with Crippen LogP contribution in [0.2, 0.25) is 0 Å². The highest BCUT2D eigenvalue weighted by atomic mass is 19.4. The Hall–Kier alpha value is -0.330. The van der Waals surface area contributed by atoms with Gasteiger partial charge in [0.05, 0.1) is 12.5 Å². The van der Waals surface area contributed by atoms with Crippen molar-refractivity contribution in [3.05, 3.63) is 0 Å². The molecular formula is C15H27F3N2O. The molecule has 0 bridgehead atoms. The number of aliphatic hydroxyl groups is 1. The van der Waals surface area contributed by atoms with Gasteiger partial charge in [0, 0.05) is 11.6 Å². The highest BCUT2D eigenvalue weighted by Crippen LogP contribution is 2.38. The van der Waals surface area contributed by atoms with Crippen molar-refractivity contribution < 1.29 is 18.3 Å². The fourth-order valence-electron chi connectivity index (χ4n) is 3.75. The Labute approximate surface area is 124 Å². The highest BCUT2D eigenvalue weighted by Gasteiger charge is 2.45. The molecule has 3 nitrogen and oxygen atoms in total. The van der Waals surface area contributed by atoms with E-state index in [1.807, 2.05) is 0 Å². The Morgan fingerprint density at radius 2 is 1.90 bits per heavy atom. The number of nitrogens with one attached hydrogen (secondary N) is 1. The first-order valence-electron chi connectivity index (χ1n) is 8.07. The molecule has 2 aliphatic rings. The summed E-state index contributed by atoms with van der Waals surface area (Å²) in [6.07, 6.45) is 0.132. The summed E-state index contributed by atoms with van der Waals surface area (Å²) in [6, 6.07) is 0.315. The summed E-state index contributed by atoms with van der Waals surface area (Å²) < 4.78 is 38.1. The maximum atomic E-state index is 12.7. The first-order valence-corrected chi connectivity index (χ1v) is 8.07. The third kappa shape index (κ3) is 4.11. The zero-order valence-corrected chi connectivity index (χ0v) is 12.8. The molecule has 0 aromatic rings. The Bertz CT molecular complexity index is 329. The summed E-state index contributed by atoms with van der Waals surface area (Å²) in [5.41, 5.74) is -0.221. The van der Waals surface area contributed by atoms with E-state index in [2.05, 4.69) is 17.1 Å². The van der Waals surface area contributed by atoms with Crippen LogP contribution in [0.1, 0.15) is 45.4 Å². The molecule has 0 aromatic carbocycles. The summed E-state index contributed by atoms with van der Waals surface area (Å²) in [5, 5.41) is 13.1. The summed E-state index contributed by atoms with van der Waals surface area (Å²) in [6.45, 7) is 4.15. The van der Waals surface area contributed by atoms with Crippen LogP contribution in [0, 0.1) is 5.92 Å². The number of halogens is 3. The topological polar surface area (TPSA) is 35.5 Å². The van der Waals surface area contributed by atoms with Crippen LogP contribution in [-0.2, 0) is 0 Å². The predicted molar refractivity (Wildman–Crippen MR) is 76.1 cm³/mol. The third-order valence-corrected chi connectivity index (χ3v) is 5.14. The molecule has 0 amide bonds. The molecule has 0 aromatic heterocycles. The highest BCUT2D eigenvalue weighted by molar-refractivity contribution is 5.00. The van der Waals surface area contributed by atoms with Gasteiger partial charge in [0.15, 0.2) is 0 Å². The van der Waals surface area contributed by atoms with Crippen molar-refractivity contribution in [1.29, 1.82) is 0 Å². The van der Waals surface area contributed by atoms with Gasteiger partial charge in [-0.25, -0.2) is 0 Å². The van der Waals surface area contributed by atoms with Crippen LogP contribution >= 0.6 is 0 Å². The second-order valence-corrected chi connectivity index (χ2v) is 6.61. The molecule has 2 unspecified atom stereocenters. The third-order valence-electron chi connectivity index (χ3n) is 5.14. The number of alkyl halides is 3. The van der Waals surface area contributed by atoms with Crippen molar-refractivity contribution in [2.75, 3.05) is 26.2 Å². The molecule has 6 heteroatoms. The molecule has 0 spiro atoms. The van der Waals surface area contributed by atoms with Crippen LogP contribution in [0.3, 0.4) is 0 Å². The quantitative estimate of drug-likeness (QED) is 0.819. The van der Waals surface area contributed by atoms with Crippen LogP contribution in [0.4, 0.5) is 13.2 Å². The number of piperidine rings is 1. The molecule has 2 N–H and O–H groups in total. The molecule has 124 valence electrons. The largest absolute Gasteiger partial charge is 0.394 e. The SMILES string of the molecule is CCCNC1(CO)CCC(N2CCC(C(F)(F)F)CC2)C1. The Morgan fingerprint density at radius 3 is 2.43 bits per heavy atom. The van der Waals surface area contributed by atoms with Gasteiger partial charge in [-0.1, -0.05) is 6.92 Å². The lowest BCUT2D eigenvalue weighted by atomic mass is 9.94. The van der Waals surface area contributed by atoms with Crippen molar-refractivity contribution in [2.45, 2.75) is 63.2 Å². The van der Waals surface area contributed by atoms with Gasteiger partial charge >= 0.3 is 6.18 Å². The number of rotatable bonds is 5. The van der Waals surface area contributed by atoms with Crippen molar-refractivity contribution in [3.8, 4) is 0 Å². The zero-order valence-electron chi connectivity index (χ0n) is 12.8. The fourth-order valence-corrected chi connectivity index (χ4v) is 3.75. The second-order valence-electron chi connectivity index (χ2n) is 6.61. The minimum atomic E-state index is -4.04. The molecule has 1 heterocycles. The summed E-state index contributed by atoms with van der Waals surface area (Å²) in [7, 11) is 0. The molecule has 1 aliphatic carbocycles. The Kier molecular flexibility index (Phi) is 5.54. The van der Waals surface area contributed by atoms with E-state index in [1.165, 1.54) is 0 Å². The van der Waals surface area contributed by atoms with Crippen LogP contribution in [-0.4, -0.2) is 54.0 Å². The molecular weight excluding hydrogens is 281 g/mol. The zero-order chi connectivity index (χ0) is 15.5. The number of aliphatic hydroxyl groups excluding tert-OH is 1. The Balaban J connectivity index is 1.85. The smallest absolute Gasteiger partial charge is 0.391 e. The van der Waals surface area contributed by atoms with E-state index in [9.17, 15) is 18.3 Å². The average Bonchev–Trinajstić information content (AvgIpc) is 2.89. The minimum Gasteiger partial charge on any atom is -0.394 e. The molecule has 21 heavy (non-hydrogen) atoms. The minimum absolute atomic E-state index is 0.114. The predicted octanol–water partition coefficient (Wildman–Crippen LogP) is 2.54. The number of nitrogens with zero attached hydrogens (tertiary/aromatic N) is 1. The fraction of sp³-hybridized carbons (Fsp3) is 1.00. The van der Waals surface area contributed by atoms with Gasteiger partial charge in [-0.05, 0) is 58.2 Å². The standard InChI is InChI=1S/C15H27F3N2O/c1-2-7-19-14(11-21)6-3-13(10-14)20-8-4-12(5-9-20)15(16,17)18/h12-13,19,21H,2-11H2,1H3. The van der Waals surface area contributed by atoms with Crippen LogP contribution in [0.5, 0.6) is 0 Å². The second kappa shape index (κ2) is 6.84. The normalized spacial score (nSPS) is 32.7. The van der Waals surface area contributed by atoms with E-state index < -0.39 is 12.1 Å².